The first-order valence-corrected chi connectivity index (χ1v) is 9.91. The predicted molar refractivity (Wildman–Crippen MR) is 95.0 cm³/mol. The van der Waals surface area contributed by atoms with Gasteiger partial charge >= 0.3 is 0 Å². The standard InChI is InChI=1S/C15H22BrN3O4S/c1-2-3-4-5-8-18-15(21)12-9-11(6-7-13(12)16)24(22,23)19-10-14(17)20/h6-7,9,19H,2-5,8,10H2,1H3,(H2,17,20)(H,18,21). The molecular formula is C15H22BrN3O4S. The first-order valence-electron chi connectivity index (χ1n) is 7.63. The molecule has 0 saturated carbocycles. The van der Waals surface area contributed by atoms with Crippen LogP contribution in [0.5, 0.6) is 0 Å². The molecule has 0 aromatic heterocycles. The normalized spacial score (nSPS) is 11.2. The molecule has 0 bridgehead atoms. The Morgan fingerprint density at radius 2 is 1.92 bits per heavy atom. The molecule has 0 heterocycles. The Morgan fingerprint density at radius 1 is 1.21 bits per heavy atom. The van der Waals surface area contributed by atoms with Gasteiger partial charge in [0.05, 0.1) is 17.0 Å². The molecule has 0 spiro atoms. The van der Waals surface area contributed by atoms with Crippen molar-refractivity contribution in [3.05, 3.63) is 28.2 Å². The van der Waals surface area contributed by atoms with Gasteiger partial charge in [-0.1, -0.05) is 26.2 Å². The molecule has 0 aliphatic carbocycles. The fourth-order valence-electron chi connectivity index (χ4n) is 1.94. The molecule has 2 amide bonds. The molecule has 24 heavy (non-hydrogen) atoms. The molecule has 1 aromatic rings. The Labute approximate surface area is 150 Å². The van der Waals surface area contributed by atoms with Crippen LogP contribution in [-0.2, 0) is 14.8 Å². The number of amides is 2. The van der Waals surface area contributed by atoms with Crippen LogP contribution in [0.2, 0.25) is 0 Å². The minimum absolute atomic E-state index is 0.108. The van der Waals surface area contributed by atoms with Gasteiger partial charge in [-0.25, -0.2) is 13.1 Å². The summed E-state index contributed by atoms with van der Waals surface area (Å²) in [7, 11) is -3.91. The number of unbranched alkanes of at least 4 members (excludes halogenated alkanes) is 3. The molecule has 0 unspecified atom stereocenters. The lowest BCUT2D eigenvalue weighted by molar-refractivity contribution is -0.116. The topological polar surface area (TPSA) is 118 Å². The van der Waals surface area contributed by atoms with Gasteiger partial charge in [0, 0.05) is 11.0 Å². The van der Waals surface area contributed by atoms with E-state index in [-0.39, 0.29) is 16.4 Å². The Morgan fingerprint density at radius 3 is 2.54 bits per heavy atom. The van der Waals surface area contributed by atoms with Crippen molar-refractivity contribution in [3.63, 3.8) is 0 Å². The van der Waals surface area contributed by atoms with Crippen LogP contribution in [0.25, 0.3) is 0 Å². The van der Waals surface area contributed by atoms with Gasteiger partial charge in [0.1, 0.15) is 0 Å². The van der Waals surface area contributed by atoms with E-state index in [1.807, 2.05) is 0 Å². The van der Waals surface area contributed by atoms with Gasteiger partial charge in [0.2, 0.25) is 15.9 Å². The third kappa shape index (κ3) is 6.58. The number of halogens is 1. The summed E-state index contributed by atoms with van der Waals surface area (Å²) in [4.78, 5) is 22.8. The monoisotopic (exact) mass is 419 g/mol. The van der Waals surface area contributed by atoms with Crippen LogP contribution in [0.1, 0.15) is 43.0 Å². The summed E-state index contributed by atoms with van der Waals surface area (Å²) in [5.74, 6) is -1.15. The Balaban J connectivity index is 2.82. The number of hydrogen-bond acceptors (Lipinski definition) is 4. The maximum absolute atomic E-state index is 12.2. The minimum atomic E-state index is -3.91. The molecule has 1 aromatic carbocycles. The van der Waals surface area contributed by atoms with Crippen LogP contribution in [0, 0.1) is 0 Å². The highest BCUT2D eigenvalue weighted by molar-refractivity contribution is 9.10. The lowest BCUT2D eigenvalue weighted by atomic mass is 10.2. The average Bonchev–Trinajstić information content (AvgIpc) is 2.53. The molecule has 7 nitrogen and oxygen atoms in total. The molecular weight excluding hydrogens is 398 g/mol. The second-order valence-corrected chi connectivity index (χ2v) is 7.87. The molecule has 0 aliphatic rings. The van der Waals surface area contributed by atoms with Gasteiger partial charge in [-0.2, -0.15) is 0 Å². The highest BCUT2D eigenvalue weighted by Crippen LogP contribution is 2.21. The quantitative estimate of drug-likeness (QED) is 0.498. The molecule has 0 fully saturated rings. The van der Waals surface area contributed by atoms with Gasteiger partial charge in [0.15, 0.2) is 0 Å². The van der Waals surface area contributed by atoms with Gasteiger partial charge in [0.25, 0.3) is 5.91 Å². The summed E-state index contributed by atoms with van der Waals surface area (Å²) in [6, 6.07) is 4.07. The van der Waals surface area contributed by atoms with Crippen LogP contribution in [0.15, 0.2) is 27.6 Å². The molecule has 1 rings (SSSR count). The van der Waals surface area contributed by atoms with E-state index in [0.717, 1.165) is 25.7 Å². The van der Waals surface area contributed by atoms with Crippen LogP contribution in [-0.4, -0.2) is 33.3 Å². The fourth-order valence-corrected chi connectivity index (χ4v) is 3.39. The lowest BCUT2D eigenvalue weighted by Gasteiger charge is -2.10. The number of hydrogen-bond donors (Lipinski definition) is 3. The highest BCUT2D eigenvalue weighted by atomic mass is 79.9. The number of nitrogens with two attached hydrogens (primary N) is 1. The van der Waals surface area contributed by atoms with Gasteiger partial charge < -0.3 is 11.1 Å². The van der Waals surface area contributed by atoms with Crippen molar-refractivity contribution in [1.82, 2.24) is 10.0 Å². The molecule has 0 atom stereocenters. The van der Waals surface area contributed by atoms with Crippen LogP contribution >= 0.6 is 15.9 Å². The number of sulfonamides is 1. The van der Waals surface area contributed by atoms with Crippen LogP contribution < -0.4 is 15.8 Å². The summed E-state index contributed by atoms with van der Waals surface area (Å²) < 4.78 is 26.7. The Bertz CT molecular complexity index is 692. The second kappa shape index (κ2) is 9.75. The number of primary amides is 1. The van der Waals surface area contributed by atoms with Gasteiger partial charge in [-0.05, 0) is 40.5 Å². The fraction of sp³-hybridized carbons (Fsp3) is 0.467. The SMILES string of the molecule is CCCCCCNC(=O)c1cc(S(=O)(=O)NCC(N)=O)ccc1Br. The van der Waals surface area contributed by atoms with Crippen molar-refractivity contribution in [2.75, 3.05) is 13.1 Å². The molecule has 4 N–H and O–H groups in total. The van der Waals surface area contributed by atoms with E-state index < -0.39 is 22.5 Å². The van der Waals surface area contributed by atoms with E-state index in [9.17, 15) is 18.0 Å². The molecule has 0 radical (unpaired) electrons. The Kier molecular flexibility index (Phi) is 8.37. The number of carbonyl (C=O) groups is 2. The maximum atomic E-state index is 12.2. The van der Waals surface area contributed by atoms with E-state index in [0.29, 0.717) is 11.0 Å². The zero-order valence-electron chi connectivity index (χ0n) is 13.5. The van der Waals surface area contributed by atoms with Gasteiger partial charge in [-0.3, -0.25) is 9.59 Å². The van der Waals surface area contributed by atoms with Crippen molar-refractivity contribution in [3.8, 4) is 0 Å². The largest absolute Gasteiger partial charge is 0.369 e. The number of carbonyl (C=O) groups excluding carboxylic acids is 2. The summed E-state index contributed by atoms with van der Waals surface area (Å²) in [6.45, 7) is 2.13. The average molecular weight is 420 g/mol. The van der Waals surface area contributed by atoms with E-state index in [4.69, 9.17) is 5.73 Å². The maximum Gasteiger partial charge on any atom is 0.252 e. The van der Waals surface area contributed by atoms with E-state index in [1.54, 1.807) is 0 Å². The number of rotatable bonds is 10. The summed E-state index contributed by atoms with van der Waals surface area (Å²) in [5.41, 5.74) is 5.15. The van der Waals surface area contributed by atoms with Crippen molar-refractivity contribution < 1.29 is 18.0 Å². The third-order valence-corrected chi connectivity index (χ3v) is 5.34. The van der Waals surface area contributed by atoms with Crippen molar-refractivity contribution in [2.45, 2.75) is 37.5 Å². The zero-order chi connectivity index (χ0) is 18.2. The summed E-state index contributed by atoms with van der Waals surface area (Å²) in [5, 5.41) is 2.77. The summed E-state index contributed by atoms with van der Waals surface area (Å²) in [6.07, 6.45) is 4.12. The van der Waals surface area contributed by atoms with E-state index >= 15 is 0 Å². The number of nitrogens with one attached hydrogen (secondary N) is 2. The van der Waals surface area contributed by atoms with Crippen LogP contribution in [0.3, 0.4) is 0 Å². The predicted octanol–water partition coefficient (Wildman–Crippen LogP) is 1.52. The molecule has 0 saturated heterocycles. The van der Waals surface area contributed by atoms with Gasteiger partial charge in [-0.15, -0.1) is 0 Å². The first-order chi connectivity index (χ1) is 11.3. The molecule has 9 heteroatoms. The van der Waals surface area contributed by atoms with Crippen molar-refractivity contribution in [1.29, 1.82) is 0 Å². The lowest BCUT2D eigenvalue weighted by Crippen LogP contribution is -2.33. The van der Waals surface area contributed by atoms with Crippen molar-refractivity contribution in [2.24, 2.45) is 5.73 Å². The van der Waals surface area contributed by atoms with E-state index in [1.165, 1.54) is 18.2 Å². The van der Waals surface area contributed by atoms with Crippen LogP contribution in [0.4, 0.5) is 0 Å². The third-order valence-electron chi connectivity index (χ3n) is 3.25. The number of benzene rings is 1. The molecule has 0 aliphatic heterocycles. The molecule has 134 valence electrons. The van der Waals surface area contributed by atoms with E-state index in [2.05, 4.69) is 32.9 Å². The smallest absolute Gasteiger partial charge is 0.252 e. The zero-order valence-corrected chi connectivity index (χ0v) is 15.9. The minimum Gasteiger partial charge on any atom is -0.369 e. The van der Waals surface area contributed by atoms with Crippen molar-refractivity contribution >= 4 is 37.8 Å². The summed E-state index contributed by atoms with van der Waals surface area (Å²) >= 11 is 3.24. The first kappa shape index (κ1) is 20.6. The second-order valence-electron chi connectivity index (χ2n) is 5.25. The Hall–Kier alpha value is -1.45. The highest BCUT2D eigenvalue weighted by Gasteiger charge is 2.18.